The van der Waals surface area contributed by atoms with Crippen molar-refractivity contribution in [3.8, 4) is 5.75 Å². The van der Waals surface area contributed by atoms with Gasteiger partial charge in [0.05, 0.1) is 10.6 Å². The number of phenols is 1. The lowest BCUT2D eigenvalue weighted by Crippen LogP contribution is -2.38. The molecule has 1 saturated carbocycles. The van der Waals surface area contributed by atoms with Crippen LogP contribution in [0.5, 0.6) is 5.75 Å². The number of benzene rings is 1. The van der Waals surface area contributed by atoms with E-state index in [1.165, 1.54) is 22.5 Å². The van der Waals surface area contributed by atoms with Gasteiger partial charge >= 0.3 is 0 Å². The quantitative estimate of drug-likeness (QED) is 0.637. The van der Waals surface area contributed by atoms with Crippen molar-refractivity contribution in [1.82, 2.24) is 4.31 Å². The molecular weight excluding hydrogens is 264 g/mol. The van der Waals surface area contributed by atoms with Crippen LogP contribution in [0.2, 0.25) is 0 Å². The van der Waals surface area contributed by atoms with Crippen LogP contribution in [-0.4, -0.2) is 30.4 Å². The molecule has 6 heteroatoms. The normalized spacial score (nSPS) is 16.2. The number of aromatic hydroxyl groups is 1. The standard InChI is InChI=1S/C13H20N2O3S/c1-9(2)15(8-10-3-4-10)19(17,18)11-5-6-13(16)12(14)7-11/h5-7,9-10,16H,3-4,8,14H2,1-2H3. The van der Waals surface area contributed by atoms with Crippen molar-refractivity contribution in [2.24, 2.45) is 5.92 Å². The summed E-state index contributed by atoms with van der Waals surface area (Å²) >= 11 is 0. The molecule has 1 aromatic rings. The second-order valence-electron chi connectivity index (χ2n) is 5.33. The predicted octanol–water partition coefficient (Wildman–Crippen LogP) is 1.78. The molecule has 0 amide bonds. The molecule has 2 rings (SSSR count). The van der Waals surface area contributed by atoms with Crippen LogP contribution in [0.1, 0.15) is 26.7 Å². The molecule has 0 bridgehead atoms. The Bertz CT molecular complexity index is 565. The molecule has 1 aliphatic carbocycles. The smallest absolute Gasteiger partial charge is 0.243 e. The Hall–Kier alpha value is -1.27. The van der Waals surface area contributed by atoms with Gasteiger partial charge in [-0.05, 0) is 50.8 Å². The number of anilines is 1. The Labute approximate surface area is 114 Å². The first kappa shape index (κ1) is 14.1. The van der Waals surface area contributed by atoms with E-state index in [0.29, 0.717) is 12.5 Å². The number of hydrogen-bond donors (Lipinski definition) is 2. The van der Waals surface area contributed by atoms with E-state index in [1.807, 2.05) is 13.8 Å². The van der Waals surface area contributed by atoms with Gasteiger partial charge in [0.2, 0.25) is 10.0 Å². The summed E-state index contributed by atoms with van der Waals surface area (Å²) in [5, 5.41) is 9.38. The van der Waals surface area contributed by atoms with E-state index >= 15 is 0 Å². The molecule has 5 nitrogen and oxygen atoms in total. The number of nitrogens with zero attached hydrogens (tertiary/aromatic N) is 1. The van der Waals surface area contributed by atoms with E-state index in [-0.39, 0.29) is 22.4 Å². The van der Waals surface area contributed by atoms with Gasteiger partial charge in [0, 0.05) is 12.6 Å². The van der Waals surface area contributed by atoms with Gasteiger partial charge in [-0.15, -0.1) is 0 Å². The van der Waals surface area contributed by atoms with Crippen LogP contribution < -0.4 is 5.73 Å². The second kappa shape index (κ2) is 5.02. The average molecular weight is 284 g/mol. The second-order valence-corrected chi connectivity index (χ2v) is 7.22. The van der Waals surface area contributed by atoms with E-state index in [1.54, 1.807) is 0 Å². The molecule has 0 aromatic heterocycles. The van der Waals surface area contributed by atoms with Crippen LogP contribution in [0.3, 0.4) is 0 Å². The summed E-state index contributed by atoms with van der Waals surface area (Å²) in [5.74, 6) is 0.379. The summed E-state index contributed by atoms with van der Waals surface area (Å²) in [6.45, 7) is 4.29. The topological polar surface area (TPSA) is 83.6 Å². The van der Waals surface area contributed by atoms with Crippen molar-refractivity contribution >= 4 is 15.7 Å². The summed E-state index contributed by atoms with van der Waals surface area (Å²) in [5.41, 5.74) is 5.65. The summed E-state index contributed by atoms with van der Waals surface area (Å²) in [6.07, 6.45) is 2.19. The first-order chi connectivity index (χ1) is 8.82. The fraction of sp³-hybridized carbons (Fsp3) is 0.538. The highest BCUT2D eigenvalue weighted by molar-refractivity contribution is 7.89. The minimum Gasteiger partial charge on any atom is -0.506 e. The Morgan fingerprint density at radius 2 is 2.05 bits per heavy atom. The average Bonchev–Trinajstić information content (AvgIpc) is 3.12. The van der Waals surface area contributed by atoms with E-state index in [2.05, 4.69) is 0 Å². The van der Waals surface area contributed by atoms with Crippen molar-refractivity contribution in [1.29, 1.82) is 0 Å². The van der Waals surface area contributed by atoms with Crippen LogP contribution in [0.15, 0.2) is 23.1 Å². The Morgan fingerprint density at radius 1 is 1.42 bits per heavy atom. The number of sulfonamides is 1. The summed E-state index contributed by atoms with van der Waals surface area (Å²) in [6, 6.07) is 3.93. The molecule has 0 aliphatic heterocycles. The Balaban J connectivity index is 2.34. The minimum atomic E-state index is -3.55. The Morgan fingerprint density at radius 3 is 2.53 bits per heavy atom. The summed E-state index contributed by atoms with van der Waals surface area (Å²) in [4.78, 5) is 0.136. The van der Waals surface area contributed by atoms with Crippen LogP contribution in [0.25, 0.3) is 0 Å². The molecule has 0 spiro atoms. The highest BCUT2D eigenvalue weighted by Gasteiger charge is 2.33. The highest BCUT2D eigenvalue weighted by Crippen LogP contribution is 2.33. The molecule has 0 saturated heterocycles. The zero-order chi connectivity index (χ0) is 14.2. The molecule has 1 fully saturated rings. The lowest BCUT2D eigenvalue weighted by atomic mass is 10.3. The van der Waals surface area contributed by atoms with Crippen LogP contribution in [0, 0.1) is 5.92 Å². The lowest BCUT2D eigenvalue weighted by molar-refractivity contribution is 0.341. The molecule has 0 unspecified atom stereocenters. The highest BCUT2D eigenvalue weighted by atomic mass is 32.2. The number of nitrogen functional groups attached to an aromatic ring is 1. The zero-order valence-corrected chi connectivity index (χ0v) is 12.0. The third kappa shape index (κ3) is 3.01. The third-order valence-electron chi connectivity index (χ3n) is 3.32. The van der Waals surface area contributed by atoms with Gasteiger partial charge in [0.25, 0.3) is 0 Å². The van der Waals surface area contributed by atoms with E-state index in [9.17, 15) is 13.5 Å². The molecule has 3 N–H and O–H groups in total. The van der Waals surface area contributed by atoms with Gasteiger partial charge in [0.1, 0.15) is 5.75 Å². The molecule has 0 radical (unpaired) electrons. The number of rotatable bonds is 5. The minimum absolute atomic E-state index is 0.0798. The maximum absolute atomic E-state index is 12.6. The van der Waals surface area contributed by atoms with Gasteiger partial charge in [-0.25, -0.2) is 8.42 Å². The van der Waals surface area contributed by atoms with Crippen LogP contribution >= 0.6 is 0 Å². The first-order valence-electron chi connectivity index (χ1n) is 6.42. The van der Waals surface area contributed by atoms with Crippen molar-refractivity contribution in [3.05, 3.63) is 18.2 Å². The van der Waals surface area contributed by atoms with Crippen molar-refractivity contribution in [2.75, 3.05) is 12.3 Å². The molecule has 19 heavy (non-hydrogen) atoms. The molecule has 1 aromatic carbocycles. The molecule has 1 aliphatic rings. The van der Waals surface area contributed by atoms with E-state index in [0.717, 1.165) is 12.8 Å². The van der Waals surface area contributed by atoms with Crippen molar-refractivity contribution < 1.29 is 13.5 Å². The van der Waals surface area contributed by atoms with Crippen LogP contribution in [-0.2, 0) is 10.0 Å². The monoisotopic (exact) mass is 284 g/mol. The van der Waals surface area contributed by atoms with Gasteiger partial charge < -0.3 is 10.8 Å². The Kier molecular flexibility index (Phi) is 3.73. The fourth-order valence-corrected chi connectivity index (χ4v) is 3.72. The third-order valence-corrected chi connectivity index (χ3v) is 5.35. The lowest BCUT2D eigenvalue weighted by Gasteiger charge is -2.26. The van der Waals surface area contributed by atoms with Crippen molar-refractivity contribution in [3.63, 3.8) is 0 Å². The van der Waals surface area contributed by atoms with Crippen LogP contribution in [0.4, 0.5) is 5.69 Å². The number of hydrogen-bond acceptors (Lipinski definition) is 4. The van der Waals surface area contributed by atoms with E-state index in [4.69, 9.17) is 5.73 Å². The molecule has 0 heterocycles. The zero-order valence-electron chi connectivity index (χ0n) is 11.2. The van der Waals surface area contributed by atoms with Gasteiger partial charge in [-0.2, -0.15) is 4.31 Å². The largest absolute Gasteiger partial charge is 0.506 e. The van der Waals surface area contributed by atoms with Gasteiger partial charge in [-0.1, -0.05) is 0 Å². The maximum Gasteiger partial charge on any atom is 0.243 e. The van der Waals surface area contributed by atoms with Crippen molar-refractivity contribution in [2.45, 2.75) is 37.6 Å². The number of phenolic OH excluding ortho intramolecular Hbond substituents is 1. The van der Waals surface area contributed by atoms with Gasteiger partial charge in [0.15, 0.2) is 0 Å². The van der Waals surface area contributed by atoms with E-state index < -0.39 is 10.0 Å². The first-order valence-corrected chi connectivity index (χ1v) is 7.86. The maximum atomic E-state index is 12.6. The molecule has 106 valence electrons. The fourth-order valence-electron chi connectivity index (χ4n) is 1.97. The number of nitrogens with two attached hydrogens (primary N) is 1. The SMILES string of the molecule is CC(C)N(CC1CC1)S(=O)(=O)c1ccc(O)c(N)c1. The summed E-state index contributed by atoms with van der Waals surface area (Å²) < 4.78 is 26.7. The van der Waals surface area contributed by atoms with Gasteiger partial charge in [-0.3, -0.25) is 0 Å². The molecular formula is C13H20N2O3S. The molecule has 0 atom stereocenters. The summed E-state index contributed by atoms with van der Waals surface area (Å²) in [7, 11) is -3.55. The predicted molar refractivity (Wildman–Crippen MR) is 74.3 cm³/mol.